The summed E-state index contributed by atoms with van der Waals surface area (Å²) in [5, 5.41) is 10.1. The normalized spacial score (nSPS) is 13.5. The van der Waals surface area contributed by atoms with Crippen LogP contribution >= 0.6 is 0 Å². The first-order valence-corrected chi connectivity index (χ1v) is 16.4. The van der Waals surface area contributed by atoms with Crippen molar-refractivity contribution in [2.75, 3.05) is 4.90 Å². The summed E-state index contributed by atoms with van der Waals surface area (Å²) in [4.78, 5) is 2.41. The average Bonchev–Trinajstić information content (AvgIpc) is 3.61. The lowest BCUT2D eigenvalue weighted by atomic mass is 9.79. The molecule has 1 heterocycles. The lowest BCUT2D eigenvalue weighted by Gasteiger charge is -2.30. The number of fused-ring (bicyclic) bond motifs is 13. The Labute approximate surface area is 273 Å². The predicted molar refractivity (Wildman–Crippen MR) is 198 cm³/mol. The Balaban J connectivity index is 1.31. The average molecular weight is 602 g/mol. The van der Waals surface area contributed by atoms with Crippen LogP contribution in [0.25, 0.3) is 65.4 Å². The molecule has 1 aliphatic rings. The summed E-state index contributed by atoms with van der Waals surface area (Å²) < 4.78 is 6.41. The van der Waals surface area contributed by atoms with Crippen LogP contribution in [0.3, 0.4) is 0 Å². The third-order valence-corrected chi connectivity index (χ3v) is 10.4. The van der Waals surface area contributed by atoms with Gasteiger partial charge in [0.15, 0.2) is 0 Å². The third kappa shape index (κ3) is 3.61. The van der Waals surface area contributed by atoms with E-state index in [1.54, 1.807) is 0 Å². The number of hydrogen-bond donors (Lipinski definition) is 0. The Kier molecular flexibility index (Phi) is 5.37. The highest BCUT2D eigenvalue weighted by Crippen LogP contribution is 2.58. The molecule has 0 bridgehead atoms. The Morgan fingerprint density at radius 2 is 0.979 bits per heavy atom. The first kappa shape index (κ1) is 26.4. The zero-order valence-electron chi connectivity index (χ0n) is 26.3. The van der Waals surface area contributed by atoms with E-state index in [0.717, 1.165) is 39.0 Å². The van der Waals surface area contributed by atoms with Crippen molar-refractivity contribution in [1.29, 1.82) is 0 Å². The first-order valence-electron chi connectivity index (χ1n) is 16.4. The maximum atomic E-state index is 6.41. The molecule has 47 heavy (non-hydrogen) atoms. The minimum atomic E-state index is -0.224. The fourth-order valence-electron chi connectivity index (χ4n) is 8.35. The predicted octanol–water partition coefficient (Wildman–Crippen LogP) is 12.8. The van der Waals surface area contributed by atoms with E-state index in [1.165, 1.54) is 54.6 Å². The van der Waals surface area contributed by atoms with Gasteiger partial charge >= 0.3 is 0 Å². The van der Waals surface area contributed by atoms with E-state index in [0.29, 0.717) is 0 Å². The van der Waals surface area contributed by atoms with Crippen LogP contribution in [0.2, 0.25) is 0 Å². The van der Waals surface area contributed by atoms with E-state index >= 15 is 0 Å². The Morgan fingerprint density at radius 1 is 0.426 bits per heavy atom. The molecule has 8 aromatic carbocycles. The van der Waals surface area contributed by atoms with Crippen molar-refractivity contribution in [2.24, 2.45) is 0 Å². The van der Waals surface area contributed by atoms with Crippen LogP contribution in [0.4, 0.5) is 17.1 Å². The molecular weight excluding hydrogens is 571 g/mol. The first-order chi connectivity index (χ1) is 23.1. The smallest absolute Gasteiger partial charge is 0.137 e. The molecule has 1 aliphatic carbocycles. The number of anilines is 3. The van der Waals surface area contributed by atoms with Crippen LogP contribution in [-0.2, 0) is 5.41 Å². The Hall–Kier alpha value is -5.86. The maximum absolute atomic E-state index is 6.41. The van der Waals surface area contributed by atoms with Crippen molar-refractivity contribution in [3.63, 3.8) is 0 Å². The van der Waals surface area contributed by atoms with E-state index in [2.05, 4.69) is 158 Å². The highest BCUT2D eigenvalue weighted by Gasteiger charge is 2.40. The molecule has 0 atom stereocenters. The zero-order chi connectivity index (χ0) is 31.3. The van der Waals surface area contributed by atoms with E-state index in [1.807, 2.05) is 12.1 Å². The highest BCUT2D eigenvalue weighted by atomic mass is 16.3. The van der Waals surface area contributed by atoms with Gasteiger partial charge < -0.3 is 9.32 Å². The van der Waals surface area contributed by atoms with Crippen molar-refractivity contribution < 1.29 is 4.42 Å². The molecule has 2 heteroatoms. The SMILES string of the molecule is CC1(C)c2cc(N(c3ccccc3)c3ccc4c(c3)oc3ccccc34)c3ccccc3c2-c2c1c1ccccc1c1ccccc21. The highest BCUT2D eigenvalue weighted by molar-refractivity contribution is 6.22. The maximum Gasteiger partial charge on any atom is 0.137 e. The topological polar surface area (TPSA) is 16.4 Å². The van der Waals surface area contributed by atoms with Crippen molar-refractivity contribution >= 4 is 71.3 Å². The fourth-order valence-corrected chi connectivity index (χ4v) is 8.35. The Bertz CT molecular complexity index is 2720. The van der Waals surface area contributed by atoms with Crippen molar-refractivity contribution in [3.8, 4) is 11.1 Å². The van der Waals surface area contributed by atoms with Crippen LogP contribution in [-0.4, -0.2) is 0 Å². The number of rotatable bonds is 3. The monoisotopic (exact) mass is 601 g/mol. The van der Waals surface area contributed by atoms with Gasteiger partial charge in [0.2, 0.25) is 0 Å². The van der Waals surface area contributed by atoms with Gasteiger partial charge in [-0.2, -0.15) is 0 Å². The lowest BCUT2D eigenvalue weighted by Crippen LogP contribution is -2.17. The second-order valence-corrected chi connectivity index (χ2v) is 13.3. The van der Waals surface area contributed by atoms with Crippen LogP contribution < -0.4 is 4.90 Å². The number of para-hydroxylation sites is 2. The summed E-state index contributed by atoms with van der Waals surface area (Å²) in [5.74, 6) is 0. The number of benzene rings is 8. The molecule has 0 unspecified atom stereocenters. The molecule has 0 aliphatic heterocycles. The second kappa shape index (κ2) is 9.57. The summed E-state index contributed by atoms with van der Waals surface area (Å²) in [5.41, 5.74) is 10.4. The lowest BCUT2D eigenvalue weighted by molar-refractivity contribution is 0.667. The molecule has 0 saturated heterocycles. The molecule has 0 fully saturated rings. The van der Waals surface area contributed by atoms with E-state index in [-0.39, 0.29) is 5.41 Å². The number of nitrogens with zero attached hydrogens (tertiary/aromatic N) is 1. The molecule has 2 nitrogen and oxygen atoms in total. The quantitative estimate of drug-likeness (QED) is 0.187. The molecule has 1 aromatic heterocycles. The summed E-state index contributed by atoms with van der Waals surface area (Å²) >= 11 is 0. The zero-order valence-corrected chi connectivity index (χ0v) is 26.3. The fraction of sp³-hybridized carbons (Fsp3) is 0.0667. The largest absolute Gasteiger partial charge is 0.456 e. The van der Waals surface area contributed by atoms with Crippen LogP contribution in [0, 0.1) is 0 Å². The Morgan fingerprint density at radius 3 is 1.72 bits per heavy atom. The van der Waals surface area contributed by atoms with E-state index in [9.17, 15) is 0 Å². The summed E-state index contributed by atoms with van der Waals surface area (Å²) in [6.45, 7) is 4.81. The number of furan rings is 1. The molecule has 0 N–H and O–H groups in total. The van der Waals surface area contributed by atoms with Gasteiger partial charge in [0, 0.05) is 39.0 Å². The molecule has 0 spiro atoms. The molecule has 222 valence electrons. The van der Waals surface area contributed by atoms with Gasteiger partial charge in [-0.15, -0.1) is 0 Å². The van der Waals surface area contributed by atoms with Crippen molar-refractivity contribution in [2.45, 2.75) is 19.3 Å². The summed E-state index contributed by atoms with van der Waals surface area (Å²) in [6, 6.07) is 55.0. The van der Waals surface area contributed by atoms with Crippen LogP contribution in [0.15, 0.2) is 156 Å². The standard InChI is InChI=1S/C45H31NO/c1-45(2)38-27-39(46(28-14-4-3-5-15-28)29-24-25-34-33-19-12-13-23-40(33)47-41(34)26-29)32-18-8-10-21-36(32)42(38)43-35-20-9-6-16-30(35)31-17-7-11-22-37(31)44(43)45/h3-27H,1-2H3. The van der Waals surface area contributed by atoms with E-state index < -0.39 is 0 Å². The van der Waals surface area contributed by atoms with Gasteiger partial charge in [0.25, 0.3) is 0 Å². The van der Waals surface area contributed by atoms with Gasteiger partial charge in [-0.05, 0) is 85.6 Å². The molecule has 0 saturated carbocycles. The molecule has 0 amide bonds. The summed E-state index contributed by atoms with van der Waals surface area (Å²) in [7, 11) is 0. The van der Waals surface area contributed by atoms with Gasteiger partial charge in [-0.1, -0.05) is 123 Å². The van der Waals surface area contributed by atoms with Gasteiger partial charge in [-0.25, -0.2) is 0 Å². The number of hydrogen-bond acceptors (Lipinski definition) is 2. The van der Waals surface area contributed by atoms with Gasteiger partial charge in [0.05, 0.1) is 5.69 Å². The molecule has 0 radical (unpaired) electrons. The summed E-state index contributed by atoms with van der Waals surface area (Å²) in [6.07, 6.45) is 0. The van der Waals surface area contributed by atoms with Crippen molar-refractivity contribution in [1.82, 2.24) is 0 Å². The minimum Gasteiger partial charge on any atom is -0.456 e. The van der Waals surface area contributed by atoms with Gasteiger partial charge in [-0.3, -0.25) is 0 Å². The van der Waals surface area contributed by atoms with Crippen LogP contribution in [0.5, 0.6) is 0 Å². The second-order valence-electron chi connectivity index (χ2n) is 13.3. The minimum absolute atomic E-state index is 0.224. The molecule has 10 rings (SSSR count). The van der Waals surface area contributed by atoms with E-state index in [4.69, 9.17) is 4.42 Å². The molecular formula is C45H31NO. The third-order valence-electron chi connectivity index (χ3n) is 10.4. The van der Waals surface area contributed by atoms with Gasteiger partial charge in [0.1, 0.15) is 11.2 Å². The molecule has 9 aromatic rings. The van der Waals surface area contributed by atoms with Crippen LogP contribution in [0.1, 0.15) is 25.0 Å². The van der Waals surface area contributed by atoms with Crippen molar-refractivity contribution in [3.05, 3.63) is 163 Å².